The summed E-state index contributed by atoms with van der Waals surface area (Å²) in [6.45, 7) is 6.47. The highest BCUT2D eigenvalue weighted by atomic mass is 32.2. The molecule has 7 heteroatoms. The molecule has 0 unspecified atom stereocenters. The Kier molecular flexibility index (Phi) is 6.27. The summed E-state index contributed by atoms with van der Waals surface area (Å²) in [7, 11) is 0. The Hall–Kier alpha value is -2.80. The van der Waals surface area contributed by atoms with E-state index in [9.17, 15) is 14.7 Å². The van der Waals surface area contributed by atoms with Gasteiger partial charge in [-0.25, -0.2) is 4.98 Å². The average molecular weight is 412 g/mol. The van der Waals surface area contributed by atoms with Crippen molar-refractivity contribution in [2.45, 2.75) is 38.6 Å². The first-order valence-electron chi connectivity index (χ1n) is 9.56. The third-order valence-corrected chi connectivity index (χ3v) is 5.44. The molecule has 1 aromatic carbocycles. The Balaban J connectivity index is 2.12. The Bertz CT molecular complexity index is 1120. The molecule has 0 spiro atoms. The number of aromatic nitrogens is 2. The van der Waals surface area contributed by atoms with Crippen molar-refractivity contribution in [3.63, 3.8) is 0 Å². The second-order valence-corrected chi connectivity index (χ2v) is 8.10. The van der Waals surface area contributed by atoms with Crippen LogP contribution in [0.5, 0.6) is 5.75 Å². The number of aryl methyl sites for hydroxylation is 1. The third-order valence-electron chi connectivity index (χ3n) is 4.69. The molecule has 3 aromatic rings. The standard InChI is InChI=1S/C22H25N3O3S/c1-5-14-10-17(29-4)20(23-11-14)24-21(27)18-19(26)15-8-6-7-9-16(15)25(22(18)28)12-13(2)3/h6-11,13,26H,5,12H2,1-4H3,(H,23,24,27). The number of anilines is 1. The van der Waals surface area contributed by atoms with Crippen LogP contribution in [0, 0.1) is 5.92 Å². The van der Waals surface area contributed by atoms with E-state index in [1.807, 2.05) is 39.2 Å². The maximum Gasteiger partial charge on any atom is 0.267 e. The van der Waals surface area contributed by atoms with Gasteiger partial charge in [-0.2, -0.15) is 0 Å². The number of pyridine rings is 2. The van der Waals surface area contributed by atoms with E-state index < -0.39 is 11.5 Å². The van der Waals surface area contributed by atoms with Gasteiger partial charge in [0.1, 0.15) is 17.1 Å². The first-order valence-corrected chi connectivity index (χ1v) is 10.8. The van der Waals surface area contributed by atoms with E-state index in [2.05, 4.69) is 10.3 Å². The third kappa shape index (κ3) is 4.15. The van der Waals surface area contributed by atoms with Gasteiger partial charge < -0.3 is 15.0 Å². The summed E-state index contributed by atoms with van der Waals surface area (Å²) >= 11 is 1.46. The molecule has 0 bridgehead atoms. The number of fused-ring (bicyclic) bond motifs is 1. The van der Waals surface area contributed by atoms with Gasteiger partial charge in [0.2, 0.25) is 0 Å². The zero-order valence-corrected chi connectivity index (χ0v) is 17.8. The minimum absolute atomic E-state index is 0.197. The summed E-state index contributed by atoms with van der Waals surface area (Å²) in [4.78, 5) is 31.3. The van der Waals surface area contributed by atoms with Crippen LogP contribution < -0.4 is 10.9 Å². The van der Waals surface area contributed by atoms with Crippen molar-refractivity contribution >= 4 is 34.4 Å². The van der Waals surface area contributed by atoms with Crippen molar-refractivity contribution in [1.29, 1.82) is 0 Å². The van der Waals surface area contributed by atoms with Crippen LogP contribution in [-0.2, 0) is 13.0 Å². The fourth-order valence-electron chi connectivity index (χ4n) is 3.24. The monoisotopic (exact) mass is 411 g/mol. The number of carbonyl (C=O) groups excluding carboxylic acids is 1. The summed E-state index contributed by atoms with van der Waals surface area (Å²) < 4.78 is 1.55. The lowest BCUT2D eigenvalue weighted by molar-refractivity contribution is 0.102. The summed E-state index contributed by atoms with van der Waals surface area (Å²) in [5.74, 6) is -0.397. The number of rotatable bonds is 6. The zero-order chi connectivity index (χ0) is 21.1. The van der Waals surface area contributed by atoms with Crippen LogP contribution >= 0.6 is 11.8 Å². The van der Waals surface area contributed by atoms with E-state index >= 15 is 0 Å². The molecule has 2 aromatic heterocycles. The molecule has 152 valence electrons. The summed E-state index contributed by atoms with van der Waals surface area (Å²) in [5, 5.41) is 13.9. The van der Waals surface area contributed by atoms with Crippen molar-refractivity contribution in [2.75, 3.05) is 11.6 Å². The second kappa shape index (κ2) is 8.69. The van der Waals surface area contributed by atoms with Crippen molar-refractivity contribution < 1.29 is 9.90 Å². The number of hydrogen-bond donors (Lipinski definition) is 2. The Morgan fingerprint density at radius 2 is 2.03 bits per heavy atom. The topological polar surface area (TPSA) is 84.2 Å². The van der Waals surface area contributed by atoms with Crippen LogP contribution in [-0.4, -0.2) is 26.8 Å². The van der Waals surface area contributed by atoms with E-state index in [0.717, 1.165) is 16.9 Å². The predicted octanol–water partition coefficient (Wildman–Crippen LogP) is 4.29. The maximum atomic E-state index is 13.1. The van der Waals surface area contributed by atoms with Crippen molar-refractivity contribution in [1.82, 2.24) is 9.55 Å². The second-order valence-electron chi connectivity index (χ2n) is 7.25. The molecular weight excluding hydrogens is 386 g/mol. The molecule has 29 heavy (non-hydrogen) atoms. The lowest BCUT2D eigenvalue weighted by Gasteiger charge is -2.16. The molecular formula is C22H25N3O3S. The van der Waals surface area contributed by atoms with E-state index in [0.29, 0.717) is 23.3 Å². The van der Waals surface area contributed by atoms with E-state index in [-0.39, 0.29) is 17.2 Å². The molecule has 3 rings (SSSR count). The largest absolute Gasteiger partial charge is 0.506 e. The lowest BCUT2D eigenvalue weighted by Crippen LogP contribution is -2.31. The molecule has 6 nitrogen and oxygen atoms in total. The number of aromatic hydroxyl groups is 1. The molecule has 1 amide bonds. The molecule has 2 N–H and O–H groups in total. The van der Waals surface area contributed by atoms with Crippen molar-refractivity contribution in [2.24, 2.45) is 5.92 Å². The highest BCUT2D eigenvalue weighted by Gasteiger charge is 2.23. The Labute approximate surface area is 174 Å². The van der Waals surface area contributed by atoms with Gasteiger partial charge in [-0.3, -0.25) is 9.59 Å². The predicted molar refractivity (Wildman–Crippen MR) is 118 cm³/mol. The number of para-hydroxylation sites is 1. The molecule has 2 heterocycles. The fourth-order valence-corrected chi connectivity index (χ4v) is 3.80. The first kappa shape index (κ1) is 20.9. The van der Waals surface area contributed by atoms with E-state index in [1.54, 1.807) is 29.0 Å². The van der Waals surface area contributed by atoms with Crippen molar-refractivity contribution in [3.05, 3.63) is 58.0 Å². The van der Waals surface area contributed by atoms with Crippen LogP contribution in [0.3, 0.4) is 0 Å². The molecule has 0 aliphatic rings. The number of thioether (sulfide) groups is 1. The molecule has 0 aliphatic carbocycles. The molecule has 0 saturated carbocycles. The van der Waals surface area contributed by atoms with Gasteiger partial charge >= 0.3 is 0 Å². The SMILES string of the molecule is CCc1cnc(NC(=O)c2c(O)c3ccccc3n(CC(C)C)c2=O)c(SC)c1. The first-order chi connectivity index (χ1) is 13.9. The van der Waals surface area contributed by atoms with E-state index in [1.165, 1.54) is 11.8 Å². The minimum atomic E-state index is -0.664. The number of hydrogen-bond acceptors (Lipinski definition) is 5. The van der Waals surface area contributed by atoms with Gasteiger partial charge in [0.05, 0.1) is 10.4 Å². The lowest BCUT2D eigenvalue weighted by atomic mass is 10.1. The zero-order valence-electron chi connectivity index (χ0n) is 17.0. The smallest absolute Gasteiger partial charge is 0.267 e. The molecule has 0 fully saturated rings. The van der Waals surface area contributed by atoms with Crippen LogP contribution in [0.1, 0.15) is 36.7 Å². The van der Waals surface area contributed by atoms with Gasteiger partial charge in [0.25, 0.3) is 11.5 Å². The summed E-state index contributed by atoms with van der Waals surface area (Å²) in [6, 6.07) is 9.02. The summed E-state index contributed by atoms with van der Waals surface area (Å²) in [6.07, 6.45) is 4.43. The molecule has 0 radical (unpaired) electrons. The number of amides is 1. The van der Waals surface area contributed by atoms with Crippen LogP contribution in [0.2, 0.25) is 0 Å². The van der Waals surface area contributed by atoms with Crippen LogP contribution in [0.15, 0.2) is 46.2 Å². The molecule has 0 saturated heterocycles. The number of benzene rings is 1. The minimum Gasteiger partial charge on any atom is -0.506 e. The molecule has 0 atom stereocenters. The number of nitrogens with zero attached hydrogens (tertiary/aromatic N) is 2. The normalized spacial score (nSPS) is 11.2. The fraction of sp³-hybridized carbons (Fsp3) is 0.318. The highest BCUT2D eigenvalue weighted by Crippen LogP contribution is 2.29. The van der Waals surface area contributed by atoms with Gasteiger partial charge in [-0.1, -0.05) is 32.9 Å². The Morgan fingerprint density at radius 1 is 1.31 bits per heavy atom. The van der Waals surface area contributed by atoms with Gasteiger partial charge in [-0.15, -0.1) is 11.8 Å². The maximum absolute atomic E-state index is 13.1. The summed E-state index contributed by atoms with van der Waals surface area (Å²) in [5.41, 5.74) is 0.886. The highest BCUT2D eigenvalue weighted by molar-refractivity contribution is 7.98. The van der Waals surface area contributed by atoms with Crippen LogP contribution in [0.25, 0.3) is 10.9 Å². The van der Waals surface area contributed by atoms with Gasteiger partial charge in [-0.05, 0) is 42.4 Å². The Morgan fingerprint density at radius 3 is 2.69 bits per heavy atom. The average Bonchev–Trinajstić information content (AvgIpc) is 2.71. The van der Waals surface area contributed by atoms with Crippen molar-refractivity contribution in [3.8, 4) is 5.75 Å². The quantitative estimate of drug-likeness (QED) is 0.591. The van der Waals surface area contributed by atoms with Gasteiger partial charge in [0, 0.05) is 18.1 Å². The van der Waals surface area contributed by atoms with Crippen LogP contribution in [0.4, 0.5) is 5.82 Å². The number of nitrogens with one attached hydrogen (secondary N) is 1. The van der Waals surface area contributed by atoms with E-state index in [4.69, 9.17) is 0 Å². The molecule has 0 aliphatic heterocycles. The number of carbonyl (C=O) groups is 1. The van der Waals surface area contributed by atoms with Gasteiger partial charge in [0.15, 0.2) is 0 Å².